The first-order valence-corrected chi connectivity index (χ1v) is 10.6. The minimum atomic E-state index is 0.407. The fraction of sp³-hybridized carbons (Fsp3) is 0.304. The first kappa shape index (κ1) is 19.2. The molecule has 1 unspecified atom stereocenters. The van der Waals surface area contributed by atoms with Crippen molar-refractivity contribution >= 4 is 17.2 Å². The van der Waals surface area contributed by atoms with E-state index in [1.54, 1.807) is 12.5 Å². The van der Waals surface area contributed by atoms with E-state index in [1.807, 2.05) is 35.8 Å². The summed E-state index contributed by atoms with van der Waals surface area (Å²) in [5, 5.41) is 5.41. The van der Waals surface area contributed by atoms with Gasteiger partial charge in [-0.25, -0.2) is 19.5 Å². The van der Waals surface area contributed by atoms with Crippen LogP contribution in [-0.4, -0.2) is 42.6 Å². The lowest BCUT2D eigenvalue weighted by molar-refractivity contribution is 0.198. The Morgan fingerprint density at radius 1 is 1.13 bits per heavy atom. The summed E-state index contributed by atoms with van der Waals surface area (Å²) in [7, 11) is 0. The minimum absolute atomic E-state index is 0.407. The molecule has 0 aliphatic carbocycles. The van der Waals surface area contributed by atoms with E-state index in [9.17, 15) is 0 Å². The Morgan fingerprint density at radius 2 is 2.00 bits per heavy atom. The van der Waals surface area contributed by atoms with Crippen LogP contribution in [-0.2, 0) is 6.54 Å². The number of fused-ring (bicyclic) bond motifs is 1. The van der Waals surface area contributed by atoms with Crippen LogP contribution in [0.2, 0.25) is 5.02 Å². The Labute approximate surface area is 180 Å². The van der Waals surface area contributed by atoms with Gasteiger partial charge in [-0.3, -0.25) is 4.90 Å². The molecule has 1 aromatic carbocycles. The smallest absolute Gasteiger partial charge is 0.164 e. The van der Waals surface area contributed by atoms with Crippen molar-refractivity contribution in [3.05, 3.63) is 77.1 Å². The van der Waals surface area contributed by atoms with Crippen LogP contribution in [0.1, 0.15) is 35.7 Å². The van der Waals surface area contributed by atoms with E-state index in [0.717, 1.165) is 59.4 Å². The SMILES string of the molecule is Cc1nn2ccc(C3CCCN(Cc4ccc(Cl)cc4)C3)nc2c1-c1ccncn1. The van der Waals surface area contributed by atoms with Crippen LogP contribution in [0.25, 0.3) is 16.9 Å². The standard InChI is InChI=1S/C23H23ClN6/c1-16-22(21-8-10-25-15-26-21)23-27-20(9-12-30(23)28-16)18-3-2-11-29(14-18)13-17-4-6-19(24)7-5-17/h4-10,12,15,18H,2-3,11,13-14H2,1H3. The van der Waals surface area contributed by atoms with Crippen LogP contribution in [0.5, 0.6) is 0 Å². The Kier molecular flexibility index (Phi) is 5.19. The van der Waals surface area contributed by atoms with Crippen molar-refractivity contribution in [3.63, 3.8) is 0 Å². The van der Waals surface area contributed by atoms with Gasteiger partial charge >= 0.3 is 0 Å². The molecule has 1 saturated heterocycles. The number of piperidine rings is 1. The topological polar surface area (TPSA) is 59.2 Å². The van der Waals surface area contributed by atoms with Crippen LogP contribution in [0.15, 0.2) is 55.1 Å². The number of likely N-dealkylation sites (tertiary alicyclic amines) is 1. The Hall–Kier alpha value is -2.83. The van der Waals surface area contributed by atoms with Gasteiger partial charge in [-0.2, -0.15) is 5.10 Å². The highest BCUT2D eigenvalue weighted by Gasteiger charge is 2.24. The molecule has 30 heavy (non-hydrogen) atoms. The molecule has 6 nitrogen and oxygen atoms in total. The Balaban J connectivity index is 1.42. The van der Waals surface area contributed by atoms with Crippen LogP contribution < -0.4 is 0 Å². The number of benzene rings is 1. The lowest BCUT2D eigenvalue weighted by Crippen LogP contribution is -2.34. The van der Waals surface area contributed by atoms with Crippen LogP contribution in [0.3, 0.4) is 0 Å². The third-order valence-corrected chi connectivity index (χ3v) is 6.01. The summed E-state index contributed by atoms with van der Waals surface area (Å²) in [4.78, 5) is 16.0. The molecule has 0 radical (unpaired) electrons. The molecule has 0 amide bonds. The van der Waals surface area contributed by atoms with Gasteiger partial charge in [0.2, 0.25) is 0 Å². The second kappa shape index (κ2) is 8.13. The van der Waals surface area contributed by atoms with Crippen LogP contribution >= 0.6 is 11.6 Å². The number of hydrogen-bond acceptors (Lipinski definition) is 5. The second-order valence-corrected chi connectivity index (χ2v) is 8.31. The average Bonchev–Trinajstić information content (AvgIpc) is 3.11. The van der Waals surface area contributed by atoms with Gasteiger partial charge < -0.3 is 0 Å². The van der Waals surface area contributed by atoms with Gasteiger partial charge in [0.15, 0.2) is 5.65 Å². The molecule has 3 aromatic heterocycles. The molecule has 0 spiro atoms. The molecule has 7 heteroatoms. The molecule has 0 bridgehead atoms. The van der Waals surface area contributed by atoms with Crippen molar-refractivity contribution in [2.75, 3.05) is 13.1 Å². The quantitative estimate of drug-likeness (QED) is 0.487. The first-order chi connectivity index (χ1) is 14.7. The van der Waals surface area contributed by atoms with Gasteiger partial charge in [-0.1, -0.05) is 23.7 Å². The summed E-state index contributed by atoms with van der Waals surface area (Å²) in [6.45, 7) is 5.05. The fourth-order valence-corrected chi connectivity index (χ4v) is 4.43. The number of halogens is 1. The summed E-state index contributed by atoms with van der Waals surface area (Å²) in [6, 6.07) is 12.2. The van der Waals surface area contributed by atoms with Gasteiger partial charge in [0.25, 0.3) is 0 Å². The lowest BCUT2D eigenvalue weighted by atomic mass is 9.94. The molecule has 0 N–H and O–H groups in total. The van der Waals surface area contributed by atoms with Gasteiger partial charge in [0.1, 0.15) is 6.33 Å². The molecule has 0 saturated carbocycles. The van der Waals surface area contributed by atoms with Crippen molar-refractivity contribution in [2.45, 2.75) is 32.2 Å². The predicted molar refractivity (Wildman–Crippen MR) is 117 cm³/mol. The van der Waals surface area contributed by atoms with Crippen molar-refractivity contribution in [1.29, 1.82) is 0 Å². The molecule has 5 rings (SSSR count). The average molecular weight is 419 g/mol. The van der Waals surface area contributed by atoms with E-state index in [1.165, 1.54) is 12.0 Å². The highest BCUT2D eigenvalue weighted by atomic mass is 35.5. The van der Waals surface area contributed by atoms with E-state index in [-0.39, 0.29) is 0 Å². The molecule has 4 aromatic rings. The second-order valence-electron chi connectivity index (χ2n) is 7.88. The Bertz CT molecular complexity index is 1160. The first-order valence-electron chi connectivity index (χ1n) is 10.3. The summed E-state index contributed by atoms with van der Waals surface area (Å²) >= 11 is 6.03. The molecule has 1 aliphatic heterocycles. The van der Waals surface area contributed by atoms with Crippen molar-refractivity contribution < 1.29 is 0 Å². The monoisotopic (exact) mass is 418 g/mol. The van der Waals surface area contributed by atoms with E-state index in [4.69, 9.17) is 16.6 Å². The predicted octanol–water partition coefficient (Wildman–Crippen LogP) is 4.53. The number of rotatable bonds is 4. The highest BCUT2D eigenvalue weighted by molar-refractivity contribution is 6.30. The largest absolute Gasteiger partial charge is 0.298 e. The molecule has 1 aliphatic rings. The highest BCUT2D eigenvalue weighted by Crippen LogP contribution is 2.30. The van der Waals surface area contributed by atoms with Gasteiger partial charge in [0.05, 0.1) is 17.0 Å². The third-order valence-electron chi connectivity index (χ3n) is 5.76. The maximum atomic E-state index is 6.03. The van der Waals surface area contributed by atoms with Crippen molar-refractivity contribution in [1.82, 2.24) is 29.5 Å². The number of aryl methyl sites for hydroxylation is 1. The van der Waals surface area contributed by atoms with E-state index >= 15 is 0 Å². The summed E-state index contributed by atoms with van der Waals surface area (Å²) in [5.74, 6) is 0.407. The fourth-order valence-electron chi connectivity index (χ4n) is 4.31. The molecule has 1 atom stereocenters. The number of nitrogens with zero attached hydrogens (tertiary/aromatic N) is 6. The summed E-state index contributed by atoms with van der Waals surface area (Å²) in [5.41, 5.74) is 6.03. The maximum Gasteiger partial charge on any atom is 0.164 e. The molecule has 152 valence electrons. The van der Waals surface area contributed by atoms with E-state index < -0.39 is 0 Å². The molecular formula is C23H23ClN6. The summed E-state index contributed by atoms with van der Waals surface area (Å²) < 4.78 is 1.85. The third kappa shape index (κ3) is 3.80. The van der Waals surface area contributed by atoms with Gasteiger partial charge in [0, 0.05) is 42.1 Å². The maximum absolute atomic E-state index is 6.03. The molecule has 4 heterocycles. The zero-order chi connectivity index (χ0) is 20.5. The number of hydrogen-bond donors (Lipinski definition) is 0. The zero-order valence-corrected chi connectivity index (χ0v) is 17.6. The minimum Gasteiger partial charge on any atom is -0.298 e. The zero-order valence-electron chi connectivity index (χ0n) is 16.9. The number of aromatic nitrogens is 5. The van der Waals surface area contributed by atoms with Crippen molar-refractivity contribution in [3.8, 4) is 11.3 Å². The Morgan fingerprint density at radius 3 is 2.80 bits per heavy atom. The normalized spacial score (nSPS) is 17.5. The van der Waals surface area contributed by atoms with Crippen LogP contribution in [0, 0.1) is 6.92 Å². The van der Waals surface area contributed by atoms with Gasteiger partial charge in [-0.05, 0) is 56.1 Å². The lowest BCUT2D eigenvalue weighted by Gasteiger charge is -2.32. The van der Waals surface area contributed by atoms with Crippen molar-refractivity contribution in [2.24, 2.45) is 0 Å². The molecule has 1 fully saturated rings. The van der Waals surface area contributed by atoms with E-state index in [2.05, 4.69) is 38.2 Å². The van der Waals surface area contributed by atoms with E-state index in [0.29, 0.717) is 5.92 Å². The van der Waals surface area contributed by atoms with Crippen LogP contribution in [0.4, 0.5) is 0 Å². The molecular weight excluding hydrogens is 396 g/mol. The van der Waals surface area contributed by atoms with Gasteiger partial charge in [-0.15, -0.1) is 0 Å². The summed E-state index contributed by atoms with van der Waals surface area (Å²) in [6.07, 6.45) is 7.66.